The number of halogens is 1. The number of hydrogen-bond donors (Lipinski definition) is 1. The first-order valence-electron chi connectivity index (χ1n) is 5.60. The van der Waals surface area contributed by atoms with Crippen LogP contribution in [-0.4, -0.2) is 40.4 Å². The van der Waals surface area contributed by atoms with Gasteiger partial charge in [0.15, 0.2) is 0 Å². The second-order valence-corrected chi connectivity index (χ2v) is 5.05. The minimum absolute atomic E-state index is 0.00606. The van der Waals surface area contributed by atoms with Crippen LogP contribution in [-0.2, 0) is 4.79 Å². The first-order chi connectivity index (χ1) is 7.13. The number of aliphatic hydroxyl groups is 1. The van der Waals surface area contributed by atoms with Gasteiger partial charge in [0.25, 0.3) is 0 Å². The molecular formula is C11H20BrNO2. The lowest BCUT2D eigenvalue weighted by Crippen LogP contribution is -2.43. The van der Waals surface area contributed by atoms with Crippen molar-refractivity contribution >= 4 is 21.8 Å². The van der Waals surface area contributed by atoms with Crippen LogP contribution in [0.2, 0.25) is 0 Å². The number of aliphatic hydroxyl groups excluding tert-OH is 1. The maximum Gasteiger partial charge on any atom is 0.223 e. The van der Waals surface area contributed by atoms with Crippen LogP contribution in [0.5, 0.6) is 0 Å². The smallest absolute Gasteiger partial charge is 0.223 e. The van der Waals surface area contributed by atoms with Crippen molar-refractivity contribution in [1.82, 2.24) is 4.90 Å². The van der Waals surface area contributed by atoms with Crippen LogP contribution in [0.1, 0.15) is 26.7 Å². The van der Waals surface area contributed by atoms with E-state index in [1.165, 1.54) is 0 Å². The first kappa shape index (κ1) is 13.0. The summed E-state index contributed by atoms with van der Waals surface area (Å²) in [4.78, 5) is 13.6. The van der Waals surface area contributed by atoms with E-state index < -0.39 is 0 Å². The van der Waals surface area contributed by atoms with Crippen molar-refractivity contribution in [2.24, 2.45) is 11.8 Å². The van der Waals surface area contributed by atoms with Crippen molar-refractivity contribution < 1.29 is 9.90 Å². The number of carbonyl (C=O) groups excluding carboxylic acids is 1. The molecule has 0 radical (unpaired) electrons. The van der Waals surface area contributed by atoms with Crippen LogP contribution in [0.15, 0.2) is 0 Å². The van der Waals surface area contributed by atoms with Gasteiger partial charge in [0.2, 0.25) is 5.91 Å². The van der Waals surface area contributed by atoms with Gasteiger partial charge in [0, 0.05) is 18.3 Å². The van der Waals surface area contributed by atoms with Crippen molar-refractivity contribution in [3.8, 4) is 0 Å². The SMILES string of the molecule is CC[C@H](C)[C@@H](CO)N1CC(CBr)CC1=O. The highest BCUT2D eigenvalue weighted by Gasteiger charge is 2.35. The molecule has 0 bridgehead atoms. The van der Waals surface area contributed by atoms with E-state index in [2.05, 4.69) is 29.8 Å². The van der Waals surface area contributed by atoms with E-state index in [1.807, 2.05) is 4.90 Å². The third kappa shape index (κ3) is 2.94. The lowest BCUT2D eigenvalue weighted by Gasteiger charge is -2.31. The molecule has 0 aliphatic carbocycles. The summed E-state index contributed by atoms with van der Waals surface area (Å²) in [5.41, 5.74) is 0. The number of amides is 1. The Hall–Kier alpha value is -0.0900. The molecule has 3 nitrogen and oxygen atoms in total. The van der Waals surface area contributed by atoms with Crippen molar-refractivity contribution in [2.75, 3.05) is 18.5 Å². The Labute approximate surface area is 100.0 Å². The quantitative estimate of drug-likeness (QED) is 0.777. The zero-order valence-electron chi connectivity index (χ0n) is 9.45. The Balaban J connectivity index is 2.65. The van der Waals surface area contributed by atoms with Gasteiger partial charge in [0.05, 0.1) is 12.6 Å². The summed E-state index contributed by atoms with van der Waals surface area (Å²) in [5, 5.41) is 10.2. The summed E-state index contributed by atoms with van der Waals surface area (Å²) in [5.74, 6) is 0.974. The van der Waals surface area contributed by atoms with Crippen molar-refractivity contribution in [2.45, 2.75) is 32.7 Å². The number of alkyl halides is 1. The van der Waals surface area contributed by atoms with Crippen LogP contribution < -0.4 is 0 Å². The van der Waals surface area contributed by atoms with Gasteiger partial charge >= 0.3 is 0 Å². The lowest BCUT2D eigenvalue weighted by molar-refractivity contribution is -0.131. The molecule has 3 atom stereocenters. The maximum atomic E-state index is 11.8. The van der Waals surface area contributed by atoms with Crippen molar-refractivity contribution in [3.05, 3.63) is 0 Å². The molecule has 1 unspecified atom stereocenters. The van der Waals surface area contributed by atoms with Crippen LogP contribution in [0, 0.1) is 11.8 Å². The summed E-state index contributed by atoms with van der Waals surface area (Å²) in [6, 6.07) is 0.00606. The molecule has 1 amide bonds. The normalized spacial score (nSPS) is 25.7. The standard InChI is InChI=1S/C11H20BrNO2/c1-3-8(2)10(7-14)13-6-9(5-12)4-11(13)15/h8-10,14H,3-7H2,1-2H3/t8-,9?,10+/m0/s1. The summed E-state index contributed by atoms with van der Waals surface area (Å²) < 4.78 is 0. The van der Waals surface area contributed by atoms with Crippen LogP contribution in [0.4, 0.5) is 0 Å². The molecule has 0 spiro atoms. The number of rotatable bonds is 5. The summed E-state index contributed by atoms with van der Waals surface area (Å²) in [7, 11) is 0. The zero-order valence-corrected chi connectivity index (χ0v) is 11.0. The Kier molecular flexibility index (Phi) is 5.06. The molecule has 1 N–H and O–H groups in total. The van der Waals surface area contributed by atoms with Gasteiger partial charge in [-0.25, -0.2) is 0 Å². The van der Waals surface area contributed by atoms with Gasteiger partial charge in [-0.1, -0.05) is 36.2 Å². The Morgan fingerprint density at radius 1 is 1.67 bits per heavy atom. The predicted octanol–water partition coefficient (Wildman–Crippen LogP) is 1.64. The van der Waals surface area contributed by atoms with Crippen LogP contribution in [0.3, 0.4) is 0 Å². The van der Waals surface area contributed by atoms with Gasteiger partial charge in [-0.2, -0.15) is 0 Å². The van der Waals surface area contributed by atoms with E-state index in [0.717, 1.165) is 18.3 Å². The molecule has 1 saturated heterocycles. The second-order valence-electron chi connectivity index (χ2n) is 4.41. The fraction of sp³-hybridized carbons (Fsp3) is 0.909. The molecule has 1 aliphatic heterocycles. The fourth-order valence-corrected chi connectivity index (χ4v) is 2.52. The van der Waals surface area contributed by atoms with Crippen LogP contribution >= 0.6 is 15.9 Å². The van der Waals surface area contributed by atoms with E-state index in [0.29, 0.717) is 18.3 Å². The van der Waals surface area contributed by atoms with E-state index in [9.17, 15) is 9.90 Å². The molecule has 0 aromatic heterocycles. The van der Waals surface area contributed by atoms with Crippen molar-refractivity contribution in [1.29, 1.82) is 0 Å². The van der Waals surface area contributed by atoms with Gasteiger partial charge in [-0.05, 0) is 11.8 Å². The molecule has 0 aromatic carbocycles. The second kappa shape index (κ2) is 5.85. The van der Waals surface area contributed by atoms with E-state index >= 15 is 0 Å². The maximum absolute atomic E-state index is 11.8. The van der Waals surface area contributed by atoms with Gasteiger partial charge in [-0.15, -0.1) is 0 Å². The van der Waals surface area contributed by atoms with E-state index in [1.54, 1.807) is 0 Å². The lowest BCUT2D eigenvalue weighted by atomic mass is 9.98. The minimum Gasteiger partial charge on any atom is -0.394 e. The molecule has 0 aromatic rings. The number of likely N-dealkylation sites (tertiary alicyclic amines) is 1. The Bertz CT molecular complexity index is 223. The average Bonchev–Trinajstić information content (AvgIpc) is 2.61. The third-order valence-corrected chi connectivity index (χ3v) is 4.26. The average molecular weight is 278 g/mol. The van der Waals surface area contributed by atoms with Gasteiger partial charge in [-0.3, -0.25) is 4.79 Å². The summed E-state index contributed by atoms with van der Waals surface area (Å²) in [6.07, 6.45) is 1.62. The zero-order chi connectivity index (χ0) is 11.4. The number of nitrogens with zero attached hydrogens (tertiary/aromatic N) is 1. The summed E-state index contributed by atoms with van der Waals surface area (Å²) in [6.45, 7) is 5.06. The molecule has 1 aliphatic rings. The molecule has 88 valence electrons. The highest BCUT2D eigenvalue weighted by atomic mass is 79.9. The number of carbonyl (C=O) groups is 1. The topological polar surface area (TPSA) is 40.5 Å². The van der Waals surface area contributed by atoms with Crippen LogP contribution in [0.25, 0.3) is 0 Å². The molecule has 1 rings (SSSR count). The first-order valence-corrected chi connectivity index (χ1v) is 6.72. The number of hydrogen-bond acceptors (Lipinski definition) is 2. The van der Waals surface area contributed by atoms with Gasteiger partial charge in [0.1, 0.15) is 0 Å². The Morgan fingerprint density at radius 2 is 2.33 bits per heavy atom. The molecule has 15 heavy (non-hydrogen) atoms. The molecule has 1 heterocycles. The highest BCUT2D eigenvalue weighted by Crippen LogP contribution is 2.25. The third-order valence-electron chi connectivity index (χ3n) is 3.34. The Morgan fingerprint density at radius 3 is 2.73 bits per heavy atom. The van der Waals surface area contributed by atoms with E-state index in [-0.39, 0.29) is 18.6 Å². The summed E-state index contributed by atoms with van der Waals surface area (Å²) >= 11 is 3.41. The fourth-order valence-electron chi connectivity index (χ4n) is 2.09. The molecule has 1 fully saturated rings. The van der Waals surface area contributed by atoms with Gasteiger partial charge < -0.3 is 10.0 Å². The minimum atomic E-state index is 0.00606. The largest absolute Gasteiger partial charge is 0.394 e. The molecule has 4 heteroatoms. The monoisotopic (exact) mass is 277 g/mol. The predicted molar refractivity (Wildman–Crippen MR) is 63.9 cm³/mol. The molecule has 0 saturated carbocycles. The van der Waals surface area contributed by atoms with E-state index in [4.69, 9.17) is 0 Å². The highest BCUT2D eigenvalue weighted by molar-refractivity contribution is 9.09. The molecular weight excluding hydrogens is 258 g/mol. The van der Waals surface area contributed by atoms with Crippen molar-refractivity contribution in [3.63, 3.8) is 0 Å².